The van der Waals surface area contributed by atoms with Crippen molar-refractivity contribution in [2.75, 3.05) is 6.54 Å². The number of aliphatic carboxylic acids is 1. The molecule has 0 aliphatic heterocycles. The van der Waals surface area contributed by atoms with Crippen molar-refractivity contribution in [3.63, 3.8) is 0 Å². The van der Waals surface area contributed by atoms with Crippen LogP contribution < -0.4 is 10.9 Å². The third kappa shape index (κ3) is 2.45. The third-order valence-electron chi connectivity index (χ3n) is 2.95. The van der Waals surface area contributed by atoms with E-state index in [0.29, 0.717) is 0 Å². The number of rotatable bonds is 3. The minimum absolute atomic E-state index is 0.0432. The van der Waals surface area contributed by atoms with Gasteiger partial charge in [0.25, 0.3) is 11.5 Å². The highest BCUT2D eigenvalue weighted by Gasteiger charge is 2.22. The quantitative estimate of drug-likeness (QED) is 0.681. The van der Waals surface area contributed by atoms with Crippen molar-refractivity contribution in [2.24, 2.45) is 7.05 Å². The number of carbonyl (C=O) groups excluding carboxylic acids is 1. The summed E-state index contributed by atoms with van der Waals surface area (Å²) in [5, 5.41) is 29.6. The number of amides is 1. The number of nitrogens with zero attached hydrogens (tertiary/aromatic N) is 3. The molecule has 0 bridgehead atoms. The SMILES string of the molecule is Cn1c(=O)c(C(=O)NCC(=O)O)c(O)c2cc(C#N)cnc21. The summed E-state index contributed by atoms with van der Waals surface area (Å²) in [4.78, 5) is 38.4. The Labute approximate surface area is 123 Å². The molecule has 0 radical (unpaired) electrons. The van der Waals surface area contributed by atoms with Crippen molar-refractivity contribution in [3.05, 3.63) is 33.7 Å². The van der Waals surface area contributed by atoms with Crippen molar-refractivity contribution in [1.29, 1.82) is 5.26 Å². The molecule has 0 aliphatic rings. The highest BCUT2D eigenvalue weighted by molar-refractivity contribution is 6.02. The fraction of sp³-hybridized carbons (Fsp3) is 0.154. The van der Waals surface area contributed by atoms with Crippen LogP contribution >= 0.6 is 0 Å². The van der Waals surface area contributed by atoms with Crippen LogP contribution in [0.4, 0.5) is 0 Å². The Bertz CT molecular complexity index is 894. The first-order valence-electron chi connectivity index (χ1n) is 5.98. The monoisotopic (exact) mass is 302 g/mol. The van der Waals surface area contributed by atoms with Crippen molar-refractivity contribution < 1.29 is 19.8 Å². The molecule has 2 aromatic rings. The first kappa shape index (κ1) is 15.0. The van der Waals surface area contributed by atoms with Gasteiger partial charge in [-0.15, -0.1) is 0 Å². The van der Waals surface area contributed by atoms with Crippen molar-refractivity contribution >= 4 is 22.9 Å². The van der Waals surface area contributed by atoms with Gasteiger partial charge in [0.05, 0.1) is 10.9 Å². The molecule has 22 heavy (non-hydrogen) atoms. The summed E-state index contributed by atoms with van der Waals surface area (Å²) in [7, 11) is 1.34. The Balaban J connectivity index is 2.69. The molecule has 0 aliphatic carbocycles. The second-order valence-electron chi connectivity index (χ2n) is 4.37. The number of nitriles is 1. The van der Waals surface area contributed by atoms with Crippen LogP contribution in [0.15, 0.2) is 17.1 Å². The second kappa shape index (κ2) is 5.53. The predicted octanol–water partition coefficient (Wildman–Crippen LogP) is -0.675. The van der Waals surface area contributed by atoms with Gasteiger partial charge in [0, 0.05) is 13.2 Å². The van der Waals surface area contributed by atoms with Crippen LogP contribution in [-0.4, -0.2) is 38.2 Å². The number of aryl methyl sites for hydroxylation is 1. The number of carboxylic acids is 1. The van der Waals surface area contributed by atoms with Gasteiger partial charge >= 0.3 is 5.97 Å². The van der Waals surface area contributed by atoms with Crippen LogP contribution in [0.1, 0.15) is 15.9 Å². The van der Waals surface area contributed by atoms with E-state index in [1.807, 2.05) is 11.4 Å². The summed E-state index contributed by atoms with van der Waals surface area (Å²) in [5.74, 6) is -2.96. The molecule has 2 rings (SSSR count). The van der Waals surface area contributed by atoms with Crippen LogP contribution in [0.3, 0.4) is 0 Å². The predicted molar refractivity (Wildman–Crippen MR) is 73.3 cm³/mol. The number of hydrogen-bond donors (Lipinski definition) is 3. The number of pyridine rings is 2. The van der Waals surface area contributed by atoms with Gasteiger partial charge in [0.1, 0.15) is 29.6 Å². The lowest BCUT2D eigenvalue weighted by molar-refractivity contribution is -0.135. The third-order valence-corrected chi connectivity index (χ3v) is 2.95. The minimum Gasteiger partial charge on any atom is -0.506 e. The van der Waals surface area contributed by atoms with Gasteiger partial charge in [-0.3, -0.25) is 19.0 Å². The van der Waals surface area contributed by atoms with Gasteiger partial charge in [0.15, 0.2) is 0 Å². The van der Waals surface area contributed by atoms with Gasteiger partial charge in [-0.05, 0) is 6.07 Å². The van der Waals surface area contributed by atoms with Crippen molar-refractivity contribution in [2.45, 2.75) is 0 Å². The topological polar surface area (TPSA) is 145 Å². The molecule has 0 atom stereocenters. The van der Waals surface area contributed by atoms with E-state index in [1.54, 1.807) is 0 Å². The number of hydrogen-bond acceptors (Lipinski definition) is 6. The Morgan fingerprint density at radius 3 is 2.77 bits per heavy atom. The molecule has 0 spiro atoms. The first-order chi connectivity index (χ1) is 10.4. The summed E-state index contributed by atoms with van der Waals surface area (Å²) in [6.45, 7) is -0.698. The average molecular weight is 302 g/mol. The minimum atomic E-state index is -1.29. The molecule has 2 heterocycles. The average Bonchev–Trinajstić information content (AvgIpc) is 2.50. The summed E-state index contributed by atoms with van der Waals surface area (Å²) >= 11 is 0. The van der Waals surface area contributed by atoms with Crippen LogP contribution in [0.25, 0.3) is 11.0 Å². The Kier molecular flexibility index (Phi) is 3.77. The Morgan fingerprint density at radius 2 is 2.18 bits per heavy atom. The van der Waals surface area contributed by atoms with Gasteiger partial charge in [-0.2, -0.15) is 5.26 Å². The molecule has 0 saturated heterocycles. The Morgan fingerprint density at radius 1 is 1.50 bits per heavy atom. The summed E-state index contributed by atoms with van der Waals surface area (Å²) in [5.41, 5.74) is -1.20. The zero-order chi connectivity index (χ0) is 16.4. The molecular formula is C13H10N4O5. The molecular weight excluding hydrogens is 292 g/mol. The Hall–Kier alpha value is -3.41. The highest BCUT2D eigenvalue weighted by atomic mass is 16.4. The second-order valence-corrected chi connectivity index (χ2v) is 4.37. The van der Waals surface area contributed by atoms with E-state index in [9.17, 15) is 19.5 Å². The molecule has 9 heteroatoms. The normalized spacial score (nSPS) is 10.2. The van der Waals surface area contributed by atoms with E-state index in [1.165, 1.54) is 19.3 Å². The number of fused-ring (bicyclic) bond motifs is 1. The maximum absolute atomic E-state index is 12.1. The lowest BCUT2D eigenvalue weighted by Crippen LogP contribution is -2.35. The molecule has 1 amide bonds. The van der Waals surface area contributed by atoms with Gasteiger partial charge in [-0.1, -0.05) is 0 Å². The highest BCUT2D eigenvalue weighted by Crippen LogP contribution is 2.25. The van der Waals surface area contributed by atoms with E-state index in [2.05, 4.69) is 4.98 Å². The maximum Gasteiger partial charge on any atom is 0.322 e. The lowest BCUT2D eigenvalue weighted by Gasteiger charge is -2.10. The molecule has 0 saturated carbocycles. The number of aromatic nitrogens is 2. The summed E-state index contributed by atoms with van der Waals surface area (Å²) in [6.07, 6.45) is 1.23. The summed E-state index contributed by atoms with van der Waals surface area (Å²) < 4.78 is 1.03. The number of carboxylic acid groups (broad SMARTS) is 1. The standard InChI is InChI=1S/C13H10N4O5/c1-17-11-7(2-6(3-14)4-15-11)10(20)9(13(17)22)12(21)16-5-8(18)19/h2,4,20H,5H2,1H3,(H,16,21)(H,18,19). The molecule has 0 aromatic carbocycles. The number of carbonyl (C=O) groups is 2. The molecule has 112 valence electrons. The zero-order valence-corrected chi connectivity index (χ0v) is 11.3. The fourth-order valence-electron chi connectivity index (χ4n) is 1.91. The van der Waals surface area contributed by atoms with Gasteiger partial charge < -0.3 is 15.5 Å². The largest absolute Gasteiger partial charge is 0.506 e. The molecule has 3 N–H and O–H groups in total. The van der Waals surface area contributed by atoms with Crippen LogP contribution in [-0.2, 0) is 11.8 Å². The number of aromatic hydroxyl groups is 1. The molecule has 0 unspecified atom stereocenters. The molecule has 9 nitrogen and oxygen atoms in total. The smallest absolute Gasteiger partial charge is 0.322 e. The van der Waals surface area contributed by atoms with Gasteiger partial charge in [-0.25, -0.2) is 4.98 Å². The van der Waals surface area contributed by atoms with E-state index in [4.69, 9.17) is 10.4 Å². The maximum atomic E-state index is 12.1. The van der Waals surface area contributed by atoms with E-state index in [-0.39, 0.29) is 16.6 Å². The van der Waals surface area contributed by atoms with Crippen LogP contribution in [0.2, 0.25) is 0 Å². The van der Waals surface area contributed by atoms with Crippen LogP contribution in [0.5, 0.6) is 5.75 Å². The lowest BCUT2D eigenvalue weighted by atomic mass is 10.1. The molecule has 0 fully saturated rings. The van der Waals surface area contributed by atoms with Crippen molar-refractivity contribution in [3.8, 4) is 11.8 Å². The van der Waals surface area contributed by atoms with Crippen LogP contribution in [0, 0.1) is 11.3 Å². The van der Waals surface area contributed by atoms with E-state index < -0.39 is 35.3 Å². The summed E-state index contributed by atoms with van der Waals surface area (Å²) in [6, 6.07) is 3.11. The van der Waals surface area contributed by atoms with E-state index >= 15 is 0 Å². The first-order valence-corrected chi connectivity index (χ1v) is 5.98. The molecule has 2 aromatic heterocycles. The number of nitrogens with one attached hydrogen (secondary N) is 1. The zero-order valence-electron chi connectivity index (χ0n) is 11.3. The van der Waals surface area contributed by atoms with Gasteiger partial charge in [0.2, 0.25) is 0 Å². The van der Waals surface area contributed by atoms with E-state index in [0.717, 1.165) is 4.57 Å². The van der Waals surface area contributed by atoms with Crippen molar-refractivity contribution in [1.82, 2.24) is 14.9 Å². The fourth-order valence-corrected chi connectivity index (χ4v) is 1.91.